The highest BCUT2D eigenvalue weighted by Gasteiger charge is 2.20. The first-order chi connectivity index (χ1) is 7.91. The lowest BCUT2D eigenvalue weighted by Crippen LogP contribution is -2.37. The van der Waals surface area contributed by atoms with Crippen LogP contribution in [0.2, 0.25) is 0 Å². The Morgan fingerprint density at radius 1 is 1.47 bits per heavy atom. The molecule has 1 aromatic rings. The van der Waals surface area contributed by atoms with Crippen LogP contribution in [0.15, 0.2) is 18.2 Å². The highest BCUT2D eigenvalue weighted by atomic mass is 16.4. The number of aromatic carboxylic acids is 1. The van der Waals surface area contributed by atoms with Gasteiger partial charge in [0.2, 0.25) is 0 Å². The third-order valence-corrected chi connectivity index (χ3v) is 3.03. The molecule has 4 heteroatoms. The van der Waals surface area contributed by atoms with E-state index < -0.39 is 5.97 Å². The highest BCUT2D eigenvalue weighted by molar-refractivity contribution is 5.89. The molecule has 0 spiro atoms. The van der Waals surface area contributed by atoms with E-state index in [1.165, 1.54) is 0 Å². The molecule has 1 atom stereocenters. The zero-order valence-corrected chi connectivity index (χ0v) is 10.4. The zero-order chi connectivity index (χ0) is 13.1. The molecule has 1 unspecified atom stereocenters. The molecule has 0 aliphatic heterocycles. The summed E-state index contributed by atoms with van der Waals surface area (Å²) < 4.78 is 0. The highest BCUT2D eigenvalue weighted by Crippen LogP contribution is 2.21. The molecule has 0 heterocycles. The first-order valence-electron chi connectivity index (χ1n) is 5.65. The molecule has 1 rings (SSSR count). The van der Waals surface area contributed by atoms with Crippen LogP contribution in [0.25, 0.3) is 0 Å². The van der Waals surface area contributed by atoms with E-state index in [9.17, 15) is 9.90 Å². The van der Waals surface area contributed by atoms with Gasteiger partial charge in [0.1, 0.15) is 0 Å². The van der Waals surface area contributed by atoms with Crippen molar-refractivity contribution in [2.75, 3.05) is 11.9 Å². The van der Waals surface area contributed by atoms with Gasteiger partial charge < -0.3 is 15.5 Å². The molecule has 0 aromatic heterocycles. The van der Waals surface area contributed by atoms with Crippen LogP contribution >= 0.6 is 0 Å². The van der Waals surface area contributed by atoms with E-state index in [1.807, 2.05) is 13.8 Å². The Morgan fingerprint density at radius 2 is 2.12 bits per heavy atom. The molecule has 0 aliphatic carbocycles. The number of hydrogen-bond acceptors (Lipinski definition) is 3. The van der Waals surface area contributed by atoms with Crippen molar-refractivity contribution < 1.29 is 15.0 Å². The van der Waals surface area contributed by atoms with Gasteiger partial charge in [-0.25, -0.2) is 4.79 Å². The van der Waals surface area contributed by atoms with Crippen molar-refractivity contribution in [3.63, 3.8) is 0 Å². The van der Waals surface area contributed by atoms with Crippen LogP contribution in [0.5, 0.6) is 0 Å². The minimum atomic E-state index is -0.922. The van der Waals surface area contributed by atoms with E-state index >= 15 is 0 Å². The van der Waals surface area contributed by atoms with E-state index in [0.717, 1.165) is 12.1 Å². The van der Waals surface area contributed by atoms with Gasteiger partial charge in [0.05, 0.1) is 17.7 Å². The molecule has 1 aromatic carbocycles. The topological polar surface area (TPSA) is 69.6 Å². The Morgan fingerprint density at radius 3 is 2.53 bits per heavy atom. The second-order valence-electron chi connectivity index (χ2n) is 4.53. The summed E-state index contributed by atoms with van der Waals surface area (Å²) >= 11 is 0. The average Bonchev–Trinajstić information content (AvgIpc) is 2.28. The number of aliphatic hydroxyl groups is 1. The molecule has 94 valence electrons. The fraction of sp³-hybridized carbons (Fsp3) is 0.462. The minimum Gasteiger partial charge on any atom is -0.478 e. The van der Waals surface area contributed by atoms with Gasteiger partial charge in [-0.3, -0.25) is 0 Å². The second kappa shape index (κ2) is 5.19. The Hall–Kier alpha value is -1.55. The summed E-state index contributed by atoms with van der Waals surface area (Å²) in [5.74, 6) is -0.922. The quantitative estimate of drug-likeness (QED) is 0.734. The standard InChI is InChI=1S/C13H19NO3/c1-4-13(3,8-15)14-10-5-6-11(12(16)17)9(2)7-10/h5-7,14-15H,4,8H2,1-3H3,(H,16,17). The maximum atomic E-state index is 10.9. The van der Waals surface area contributed by atoms with Gasteiger partial charge in [-0.2, -0.15) is 0 Å². The van der Waals surface area contributed by atoms with Gasteiger partial charge in [-0.15, -0.1) is 0 Å². The van der Waals surface area contributed by atoms with E-state index in [-0.39, 0.29) is 12.1 Å². The van der Waals surface area contributed by atoms with Crippen molar-refractivity contribution in [3.05, 3.63) is 29.3 Å². The number of aryl methyl sites for hydroxylation is 1. The molecule has 0 bridgehead atoms. The maximum absolute atomic E-state index is 10.9. The molecule has 0 amide bonds. The number of anilines is 1. The lowest BCUT2D eigenvalue weighted by atomic mass is 9.99. The van der Waals surface area contributed by atoms with E-state index in [4.69, 9.17) is 5.11 Å². The van der Waals surface area contributed by atoms with Crippen molar-refractivity contribution in [2.24, 2.45) is 0 Å². The molecule has 0 fully saturated rings. The summed E-state index contributed by atoms with van der Waals surface area (Å²) in [5.41, 5.74) is 1.46. The van der Waals surface area contributed by atoms with Crippen molar-refractivity contribution in [3.8, 4) is 0 Å². The Kier molecular flexibility index (Phi) is 4.12. The summed E-state index contributed by atoms with van der Waals surface area (Å²) in [6.07, 6.45) is 0.781. The van der Waals surface area contributed by atoms with E-state index in [0.29, 0.717) is 11.1 Å². The summed E-state index contributed by atoms with van der Waals surface area (Å²) in [6.45, 7) is 5.70. The first kappa shape index (κ1) is 13.5. The predicted octanol–water partition coefficient (Wildman–Crippen LogP) is 2.27. The van der Waals surface area contributed by atoms with Crippen molar-refractivity contribution in [2.45, 2.75) is 32.7 Å². The van der Waals surface area contributed by atoms with Crippen LogP contribution in [0.4, 0.5) is 5.69 Å². The number of rotatable bonds is 5. The number of benzene rings is 1. The summed E-state index contributed by atoms with van der Waals surface area (Å²) in [7, 11) is 0. The predicted molar refractivity (Wildman–Crippen MR) is 67.5 cm³/mol. The number of carboxylic acids is 1. The number of carbonyl (C=O) groups is 1. The fourth-order valence-electron chi connectivity index (χ4n) is 1.57. The number of aliphatic hydroxyl groups excluding tert-OH is 1. The van der Waals surface area contributed by atoms with Gasteiger partial charge in [0.15, 0.2) is 0 Å². The Balaban J connectivity index is 2.95. The van der Waals surface area contributed by atoms with E-state index in [1.54, 1.807) is 25.1 Å². The fourth-order valence-corrected chi connectivity index (χ4v) is 1.57. The summed E-state index contributed by atoms with van der Waals surface area (Å²) in [4.78, 5) is 10.9. The van der Waals surface area contributed by atoms with Crippen molar-refractivity contribution in [1.82, 2.24) is 0 Å². The zero-order valence-electron chi connectivity index (χ0n) is 10.4. The van der Waals surface area contributed by atoms with Crippen molar-refractivity contribution >= 4 is 11.7 Å². The smallest absolute Gasteiger partial charge is 0.335 e. The lowest BCUT2D eigenvalue weighted by Gasteiger charge is -2.28. The Bertz CT molecular complexity index is 411. The molecule has 17 heavy (non-hydrogen) atoms. The molecule has 0 aliphatic rings. The number of hydrogen-bond donors (Lipinski definition) is 3. The molecule has 0 saturated heterocycles. The average molecular weight is 237 g/mol. The molecule has 0 radical (unpaired) electrons. The van der Waals surface area contributed by atoms with Gasteiger partial charge in [-0.05, 0) is 44.0 Å². The minimum absolute atomic E-state index is 0.0310. The van der Waals surface area contributed by atoms with Crippen LogP contribution in [0.1, 0.15) is 36.2 Å². The molecular weight excluding hydrogens is 218 g/mol. The second-order valence-corrected chi connectivity index (χ2v) is 4.53. The third-order valence-electron chi connectivity index (χ3n) is 3.03. The molecule has 0 saturated carbocycles. The van der Waals surface area contributed by atoms with Gasteiger partial charge in [0.25, 0.3) is 0 Å². The van der Waals surface area contributed by atoms with Gasteiger partial charge in [-0.1, -0.05) is 6.92 Å². The maximum Gasteiger partial charge on any atom is 0.335 e. The largest absolute Gasteiger partial charge is 0.478 e. The Labute approximate surface area is 101 Å². The van der Waals surface area contributed by atoms with Crippen LogP contribution in [-0.2, 0) is 0 Å². The molecule has 3 N–H and O–H groups in total. The normalized spacial score (nSPS) is 14.1. The lowest BCUT2D eigenvalue weighted by molar-refractivity contribution is 0.0696. The van der Waals surface area contributed by atoms with Crippen molar-refractivity contribution in [1.29, 1.82) is 0 Å². The molecule has 4 nitrogen and oxygen atoms in total. The van der Waals surface area contributed by atoms with Gasteiger partial charge >= 0.3 is 5.97 Å². The van der Waals surface area contributed by atoms with Crippen LogP contribution in [0, 0.1) is 6.92 Å². The number of carboxylic acid groups (broad SMARTS) is 1. The summed E-state index contributed by atoms with van der Waals surface area (Å²) in [5, 5.41) is 21.4. The van der Waals surface area contributed by atoms with Crippen LogP contribution in [-0.4, -0.2) is 28.3 Å². The first-order valence-corrected chi connectivity index (χ1v) is 5.65. The van der Waals surface area contributed by atoms with E-state index in [2.05, 4.69) is 5.32 Å². The van der Waals surface area contributed by atoms with Crippen LogP contribution < -0.4 is 5.32 Å². The number of nitrogens with one attached hydrogen (secondary N) is 1. The third kappa shape index (κ3) is 3.20. The van der Waals surface area contributed by atoms with Gasteiger partial charge in [0, 0.05) is 5.69 Å². The SMILES string of the molecule is CCC(C)(CO)Nc1ccc(C(=O)O)c(C)c1. The van der Waals surface area contributed by atoms with Crippen LogP contribution in [0.3, 0.4) is 0 Å². The molecular formula is C13H19NO3. The monoisotopic (exact) mass is 237 g/mol. The summed E-state index contributed by atoms with van der Waals surface area (Å²) in [6, 6.07) is 5.08.